The van der Waals surface area contributed by atoms with Crippen LogP contribution in [-0.2, 0) is 9.53 Å². The fourth-order valence-corrected chi connectivity index (χ4v) is 1.62. The lowest BCUT2D eigenvalue weighted by atomic mass is 9.88. The highest BCUT2D eigenvalue weighted by Gasteiger charge is 2.37. The van der Waals surface area contributed by atoms with E-state index < -0.39 is 5.41 Å². The zero-order valence-corrected chi connectivity index (χ0v) is 8.77. The molecule has 1 aliphatic rings. The topological polar surface area (TPSA) is 26.3 Å². The number of rotatable bonds is 2. The highest BCUT2D eigenvalue weighted by Crippen LogP contribution is 2.31. The number of ether oxygens (including phenoxy) is 1. The summed E-state index contributed by atoms with van der Waals surface area (Å²) in [5.74, 6) is -0.116. The first-order chi connectivity index (χ1) is 7.21. The van der Waals surface area contributed by atoms with Crippen LogP contribution in [0.5, 0.6) is 0 Å². The Hall–Kier alpha value is -1.57. The van der Waals surface area contributed by atoms with Crippen molar-refractivity contribution in [3.8, 4) is 0 Å². The number of benzene rings is 1. The maximum Gasteiger partial charge on any atom is 0.315 e. The quantitative estimate of drug-likeness (QED) is 0.689. The van der Waals surface area contributed by atoms with Crippen molar-refractivity contribution in [1.29, 1.82) is 0 Å². The predicted molar refractivity (Wildman–Crippen MR) is 59.2 cm³/mol. The van der Waals surface area contributed by atoms with Crippen LogP contribution in [0.1, 0.15) is 18.9 Å². The minimum Gasteiger partial charge on any atom is -0.465 e. The molecule has 0 aliphatic carbocycles. The Morgan fingerprint density at radius 3 is 2.67 bits per heavy atom. The molecule has 1 atom stereocenters. The highest BCUT2D eigenvalue weighted by atomic mass is 16.5. The van der Waals surface area contributed by atoms with Gasteiger partial charge >= 0.3 is 5.97 Å². The Kier molecular flexibility index (Phi) is 2.58. The summed E-state index contributed by atoms with van der Waals surface area (Å²) in [5, 5.41) is 0. The van der Waals surface area contributed by atoms with E-state index in [1.165, 1.54) is 0 Å². The number of hydrogen-bond donors (Lipinski definition) is 0. The summed E-state index contributed by atoms with van der Waals surface area (Å²) in [6, 6.07) is 9.97. The van der Waals surface area contributed by atoms with Gasteiger partial charge in [0.25, 0.3) is 0 Å². The van der Waals surface area contributed by atoms with Crippen LogP contribution in [0.3, 0.4) is 0 Å². The zero-order valence-electron chi connectivity index (χ0n) is 8.77. The second kappa shape index (κ2) is 3.89. The van der Waals surface area contributed by atoms with Crippen LogP contribution >= 0.6 is 0 Å². The molecule has 1 aliphatic heterocycles. The number of carbonyl (C=O) groups is 1. The average Bonchev–Trinajstić information content (AvgIpc) is 2.59. The van der Waals surface area contributed by atoms with Gasteiger partial charge in [0.2, 0.25) is 0 Å². The van der Waals surface area contributed by atoms with Gasteiger partial charge in [-0.3, -0.25) is 4.79 Å². The maximum absolute atomic E-state index is 11.4. The summed E-state index contributed by atoms with van der Waals surface area (Å²) < 4.78 is 4.97. The third-order valence-electron chi connectivity index (χ3n) is 2.76. The Labute approximate surface area is 89.6 Å². The molecule has 2 heteroatoms. The van der Waals surface area contributed by atoms with Gasteiger partial charge in [0.15, 0.2) is 0 Å². The molecule has 2 rings (SSSR count). The molecule has 1 aromatic rings. The molecule has 0 spiro atoms. The van der Waals surface area contributed by atoms with Crippen LogP contribution in [0.25, 0.3) is 6.08 Å². The lowest BCUT2D eigenvalue weighted by molar-refractivity contribution is -0.143. The number of carbonyl (C=O) groups excluding carboxylic acids is 1. The summed E-state index contributed by atoms with van der Waals surface area (Å²) in [5.41, 5.74) is 0.675. The van der Waals surface area contributed by atoms with Crippen LogP contribution in [0.15, 0.2) is 36.4 Å². The molecule has 0 N–H and O–H groups in total. The largest absolute Gasteiger partial charge is 0.465 e. The Bertz CT molecular complexity index is 381. The third-order valence-corrected chi connectivity index (χ3v) is 2.76. The van der Waals surface area contributed by atoms with E-state index in [0.29, 0.717) is 6.61 Å². The van der Waals surface area contributed by atoms with Crippen molar-refractivity contribution in [2.45, 2.75) is 13.3 Å². The summed E-state index contributed by atoms with van der Waals surface area (Å²) in [6.07, 6.45) is 4.69. The second-order valence-corrected chi connectivity index (χ2v) is 4.05. The molecule has 1 heterocycles. The first kappa shape index (κ1) is 9.97. The molecule has 0 bridgehead atoms. The molecule has 78 valence electrons. The van der Waals surface area contributed by atoms with Gasteiger partial charge in [-0.15, -0.1) is 0 Å². The van der Waals surface area contributed by atoms with Gasteiger partial charge in [-0.05, 0) is 12.5 Å². The van der Waals surface area contributed by atoms with E-state index >= 15 is 0 Å². The number of hydrogen-bond acceptors (Lipinski definition) is 2. The van der Waals surface area contributed by atoms with Crippen molar-refractivity contribution >= 4 is 12.0 Å². The molecule has 0 radical (unpaired) electrons. The van der Waals surface area contributed by atoms with Gasteiger partial charge in [0.05, 0.1) is 12.0 Å². The molecule has 15 heavy (non-hydrogen) atoms. The molecule has 2 nitrogen and oxygen atoms in total. The van der Waals surface area contributed by atoms with Crippen molar-refractivity contribution in [2.75, 3.05) is 6.61 Å². The van der Waals surface area contributed by atoms with E-state index in [0.717, 1.165) is 12.0 Å². The van der Waals surface area contributed by atoms with Gasteiger partial charge < -0.3 is 4.74 Å². The van der Waals surface area contributed by atoms with Gasteiger partial charge in [-0.1, -0.05) is 42.5 Å². The average molecular weight is 202 g/mol. The molecule has 1 fully saturated rings. The van der Waals surface area contributed by atoms with Crippen molar-refractivity contribution in [3.63, 3.8) is 0 Å². The van der Waals surface area contributed by atoms with E-state index in [2.05, 4.69) is 0 Å². The normalized spacial score (nSPS) is 25.8. The van der Waals surface area contributed by atoms with E-state index in [1.807, 2.05) is 49.4 Å². The first-order valence-corrected chi connectivity index (χ1v) is 5.12. The van der Waals surface area contributed by atoms with E-state index in [1.54, 1.807) is 0 Å². The monoisotopic (exact) mass is 202 g/mol. The van der Waals surface area contributed by atoms with E-state index in [4.69, 9.17) is 4.74 Å². The summed E-state index contributed by atoms with van der Waals surface area (Å²) in [6.45, 7) is 2.45. The van der Waals surface area contributed by atoms with Crippen molar-refractivity contribution in [3.05, 3.63) is 42.0 Å². The van der Waals surface area contributed by atoms with Crippen LogP contribution < -0.4 is 0 Å². The molecule has 1 saturated heterocycles. The number of esters is 1. The second-order valence-electron chi connectivity index (χ2n) is 4.05. The Morgan fingerprint density at radius 2 is 2.07 bits per heavy atom. The minimum atomic E-state index is -0.435. The maximum atomic E-state index is 11.4. The molecule has 0 amide bonds. The van der Waals surface area contributed by atoms with Gasteiger partial charge in [0, 0.05) is 6.42 Å². The lowest BCUT2D eigenvalue weighted by Gasteiger charge is -2.12. The molecule has 0 aromatic heterocycles. The van der Waals surface area contributed by atoms with Crippen LogP contribution in [-0.4, -0.2) is 12.6 Å². The van der Waals surface area contributed by atoms with Crippen LogP contribution in [0, 0.1) is 5.41 Å². The molecular weight excluding hydrogens is 188 g/mol. The SMILES string of the molecule is CC1(/C=C/c2ccccc2)CCOC1=O. The van der Waals surface area contributed by atoms with Crippen molar-refractivity contribution in [1.82, 2.24) is 0 Å². The predicted octanol–water partition coefficient (Wildman–Crippen LogP) is 2.65. The van der Waals surface area contributed by atoms with E-state index in [9.17, 15) is 4.79 Å². The van der Waals surface area contributed by atoms with Crippen molar-refractivity contribution in [2.24, 2.45) is 5.41 Å². The zero-order chi connectivity index (χ0) is 10.7. The van der Waals surface area contributed by atoms with Crippen molar-refractivity contribution < 1.29 is 9.53 Å². The smallest absolute Gasteiger partial charge is 0.315 e. The standard InChI is InChI=1S/C13H14O2/c1-13(9-10-15-12(13)14)8-7-11-5-3-2-4-6-11/h2-8H,9-10H2,1H3/b8-7+. The highest BCUT2D eigenvalue weighted by molar-refractivity contribution is 5.81. The molecule has 1 unspecified atom stereocenters. The number of cyclic esters (lactones) is 1. The molecular formula is C13H14O2. The van der Waals surface area contributed by atoms with Gasteiger partial charge in [0.1, 0.15) is 0 Å². The Balaban J connectivity index is 2.15. The third kappa shape index (κ3) is 2.09. The summed E-state index contributed by atoms with van der Waals surface area (Å²) in [4.78, 5) is 11.4. The molecule has 0 saturated carbocycles. The van der Waals surface area contributed by atoms with Gasteiger partial charge in [-0.25, -0.2) is 0 Å². The Morgan fingerprint density at radius 1 is 1.33 bits per heavy atom. The van der Waals surface area contributed by atoms with Gasteiger partial charge in [-0.2, -0.15) is 0 Å². The lowest BCUT2D eigenvalue weighted by Crippen LogP contribution is -2.18. The molecule has 1 aromatic carbocycles. The fourth-order valence-electron chi connectivity index (χ4n) is 1.62. The first-order valence-electron chi connectivity index (χ1n) is 5.12. The summed E-state index contributed by atoms with van der Waals surface area (Å²) in [7, 11) is 0. The van der Waals surface area contributed by atoms with Crippen LogP contribution in [0.2, 0.25) is 0 Å². The fraction of sp³-hybridized carbons (Fsp3) is 0.308. The van der Waals surface area contributed by atoms with E-state index in [-0.39, 0.29) is 5.97 Å². The summed E-state index contributed by atoms with van der Waals surface area (Å²) >= 11 is 0. The van der Waals surface area contributed by atoms with Crippen LogP contribution in [0.4, 0.5) is 0 Å². The minimum absolute atomic E-state index is 0.116.